The molecule has 0 spiro atoms. The maximum absolute atomic E-state index is 15.2. The van der Waals surface area contributed by atoms with Crippen molar-refractivity contribution in [3.8, 4) is 11.3 Å². The molecule has 0 radical (unpaired) electrons. The van der Waals surface area contributed by atoms with Crippen LogP contribution in [0.1, 0.15) is 51.0 Å². The molecule has 468 valence electrons. The highest BCUT2D eigenvalue weighted by Gasteiger charge is 2.42. The molecule has 3 aromatic rings. The van der Waals surface area contributed by atoms with Crippen LogP contribution in [-0.4, -0.2) is 222 Å². The molecule has 1 fully saturated rings. The molecule has 1 aromatic heterocycles. The lowest BCUT2D eigenvalue weighted by molar-refractivity contribution is -0.192. The minimum atomic E-state index is -5.08. The minimum Gasteiger partial charge on any atom is -0.475 e. The van der Waals surface area contributed by atoms with Crippen molar-refractivity contribution in [2.75, 3.05) is 145 Å². The van der Waals surface area contributed by atoms with Crippen LogP contribution in [-0.2, 0) is 73.2 Å². The fourth-order valence-electron chi connectivity index (χ4n) is 8.46. The van der Waals surface area contributed by atoms with Gasteiger partial charge in [0.15, 0.2) is 0 Å². The first-order chi connectivity index (χ1) is 40.2. The third-order valence-electron chi connectivity index (χ3n) is 12.5. The van der Waals surface area contributed by atoms with Gasteiger partial charge in [-0.15, -0.1) is 0 Å². The molecule has 2 aliphatic rings. The van der Waals surface area contributed by atoms with E-state index in [1.807, 2.05) is 55.7 Å². The van der Waals surface area contributed by atoms with Gasteiger partial charge in [0.1, 0.15) is 24.1 Å². The molecule has 3 heterocycles. The molecular formula is C56H78F5N7O16. The van der Waals surface area contributed by atoms with Gasteiger partial charge in [-0.3, -0.25) is 28.9 Å². The van der Waals surface area contributed by atoms with E-state index < -0.39 is 59.6 Å². The van der Waals surface area contributed by atoms with Gasteiger partial charge in [0.2, 0.25) is 17.7 Å². The molecule has 0 aliphatic carbocycles. The Morgan fingerprint density at radius 1 is 0.726 bits per heavy atom. The number of halogens is 5. The van der Waals surface area contributed by atoms with E-state index in [9.17, 15) is 46.6 Å². The summed E-state index contributed by atoms with van der Waals surface area (Å²) >= 11 is 0. The number of imide groups is 1. The SMILES string of the molecule is CC(C)(C)[C@H](c1nc(-c2cc(F)ccc2F)cn1Cc1ccccc1)N(CC1CNCC1NC(=O)CCOCCOCCOCCOCCOCCOCCOCCOCCNC(=O)CCN1C(=O)C=CC1=O)C(=O)CO.O=C(O)C(F)(F)F. The van der Waals surface area contributed by atoms with Crippen LogP contribution in [0.15, 0.2) is 66.9 Å². The molecule has 28 heteroatoms. The van der Waals surface area contributed by atoms with E-state index in [1.165, 1.54) is 12.2 Å². The van der Waals surface area contributed by atoms with Crippen LogP contribution in [0, 0.1) is 23.0 Å². The van der Waals surface area contributed by atoms with E-state index in [4.69, 9.17) is 52.8 Å². The smallest absolute Gasteiger partial charge is 0.475 e. The number of carbonyl (C=O) groups is 6. The zero-order valence-corrected chi connectivity index (χ0v) is 47.5. The van der Waals surface area contributed by atoms with Gasteiger partial charge in [-0.05, 0) is 29.2 Å². The second-order valence-corrected chi connectivity index (χ2v) is 20.0. The summed E-state index contributed by atoms with van der Waals surface area (Å²) in [6.07, 6.45) is -0.902. The maximum Gasteiger partial charge on any atom is 0.490 e. The van der Waals surface area contributed by atoms with Crippen molar-refractivity contribution in [1.29, 1.82) is 0 Å². The number of benzene rings is 2. The van der Waals surface area contributed by atoms with Gasteiger partial charge >= 0.3 is 12.1 Å². The molecule has 5 N–H and O–H groups in total. The maximum atomic E-state index is 15.2. The first kappa shape index (κ1) is 70.1. The third kappa shape index (κ3) is 26.3. The molecule has 3 atom stereocenters. The van der Waals surface area contributed by atoms with E-state index in [2.05, 4.69) is 16.0 Å². The molecule has 2 unspecified atom stereocenters. The average Bonchev–Trinajstić information content (AvgIpc) is 4.35. The molecule has 0 bridgehead atoms. The number of hydrogen-bond donors (Lipinski definition) is 5. The Morgan fingerprint density at radius 3 is 1.74 bits per heavy atom. The number of carboxylic acid groups (broad SMARTS) is 1. The molecule has 2 aliphatic heterocycles. The fraction of sp³-hybridized carbons (Fsp3) is 0.589. The quantitative estimate of drug-likeness (QED) is 0.0312. The largest absolute Gasteiger partial charge is 0.490 e. The number of carbonyl (C=O) groups excluding carboxylic acids is 5. The number of aliphatic carboxylic acids is 1. The van der Waals surface area contributed by atoms with Crippen LogP contribution in [0.5, 0.6) is 0 Å². The Balaban J connectivity index is 0.00000203. The van der Waals surface area contributed by atoms with Gasteiger partial charge in [0.05, 0.1) is 117 Å². The van der Waals surface area contributed by atoms with Crippen molar-refractivity contribution in [3.63, 3.8) is 0 Å². The average molecular weight is 1200 g/mol. The van der Waals surface area contributed by atoms with Crippen molar-refractivity contribution < 1.29 is 98.8 Å². The van der Waals surface area contributed by atoms with Crippen LogP contribution in [0.25, 0.3) is 11.3 Å². The standard InChI is InChI=1S/C54H77F2N7O14.C2HF3O2/c1-54(2,3)52(53-60-46(43-33-42(55)9-10-44(43)56)38-61(53)36-40-7-5-4-6-8-40)63(51(69)39-64)37-41-34-57-35-45(41)59-48(66)14-17-70-19-21-72-23-25-74-27-29-76-31-32-77-30-28-75-26-24-73-22-20-71-18-15-58-47(65)13-16-62-49(67)11-12-50(62)68;3-2(4,5)1(6)7/h4-12,33,38,41,45,52,57,64H,13-32,34-37,39H2,1-3H3,(H,58,65)(H,59,66);(H,6,7)/t41?,45?,52-;/m0./s1. The zero-order chi connectivity index (χ0) is 61.3. The summed E-state index contributed by atoms with van der Waals surface area (Å²) in [7, 11) is 0. The number of hydrogen-bond acceptors (Lipinski definition) is 17. The molecule has 5 amide bonds. The summed E-state index contributed by atoms with van der Waals surface area (Å²) < 4.78 is 107. The molecule has 0 saturated carbocycles. The summed E-state index contributed by atoms with van der Waals surface area (Å²) in [6, 6.07) is 11.8. The number of aliphatic hydroxyl groups excluding tert-OH is 1. The van der Waals surface area contributed by atoms with E-state index in [0.717, 1.165) is 28.7 Å². The minimum absolute atomic E-state index is 0.0123. The van der Waals surface area contributed by atoms with Crippen molar-refractivity contribution in [2.45, 2.75) is 58.4 Å². The van der Waals surface area contributed by atoms with Crippen LogP contribution < -0.4 is 16.0 Å². The number of amides is 5. The number of carboxylic acids is 1. The predicted octanol–water partition coefficient (Wildman–Crippen LogP) is 3.08. The van der Waals surface area contributed by atoms with Crippen LogP contribution >= 0.6 is 0 Å². The van der Waals surface area contributed by atoms with Crippen molar-refractivity contribution in [3.05, 3.63) is 89.9 Å². The highest BCUT2D eigenvalue weighted by molar-refractivity contribution is 6.13. The zero-order valence-electron chi connectivity index (χ0n) is 47.5. The number of aromatic nitrogens is 2. The van der Waals surface area contributed by atoms with E-state index in [0.29, 0.717) is 131 Å². The summed E-state index contributed by atoms with van der Waals surface area (Å²) in [5.41, 5.74) is 0.478. The van der Waals surface area contributed by atoms with Crippen LogP contribution in [0.2, 0.25) is 0 Å². The van der Waals surface area contributed by atoms with Gasteiger partial charge in [-0.2, -0.15) is 13.2 Å². The first-order valence-corrected chi connectivity index (χ1v) is 27.4. The van der Waals surface area contributed by atoms with Crippen LogP contribution in [0.4, 0.5) is 22.0 Å². The summed E-state index contributed by atoms with van der Waals surface area (Å²) in [5.74, 6) is -5.63. The molecule has 84 heavy (non-hydrogen) atoms. The first-order valence-electron chi connectivity index (χ1n) is 27.4. The molecule has 1 saturated heterocycles. The Labute approximate surface area is 484 Å². The van der Waals surface area contributed by atoms with Gasteiger partial charge in [0.25, 0.3) is 11.8 Å². The number of nitrogens with one attached hydrogen (secondary N) is 3. The molecule has 23 nitrogen and oxygen atoms in total. The number of alkyl halides is 3. The normalized spacial score (nSPS) is 15.5. The topological polar surface area (TPSA) is 277 Å². The Bertz CT molecular complexity index is 2500. The number of ether oxygens (including phenoxy) is 8. The lowest BCUT2D eigenvalue weighted by Gasteiger charge is -2.41. The second-order valence-electron chi connectivity index (χ2n) is 20.0. The lowest BCUT2D eigenvalue weighted by atomic mass is 9.84. The lowest BCUT2D eigenvalue weighted by Crippen LogP contribution is -2.50. The number of nitrogens with zero attached hydrogens (tertiary/aromatic N) is 4. The van der Waals surface area contributed by atoms with Crippen molar-refractivity contribution in [1.82, 2.24) is 35.3 Å². The van der Waals surface area contributed by atoms with Gasteiger partial charge in [-0.25, -0.2) is 18.6 Å². The Hall–Kier alpha value is -6.34. The molecular weight excluding hydrogens is 1120 g/mol. The van der Waals surface area contributed by atoms with Gasteiger partial charge in [-0.1, -0.05) is 51.1 Å². The summed E-state index contributed by atoms with van der Waals surface area (Å²) in [4.78, 5) is 78.2. The van der Waals surface area contributed by atoms with Gasteiger partial charge < -0.3 is 73.5 Å². The van der Waals surface area contributed by atoms with Crippen molar-refractivity contribution >= 4 is 35.5 Å². The Morgan fingerprint density at radius 2 is 1.24 bits per heavy atom. The number of rotatable bonds is 39. The second kappa shape index (κ2) is 37.9. The highest BCUT2D eigenvalue weighted by Crippen LogP contribution is 2.40. The summed E-state index contributed by atoms with van der Waals surface area (Å²) in [5, 5.41) is 26.5. The Kier molecular flexibility index (Phi) is 31.6. The monoisotopic (exact) mass is 1200 g/mol. The van der Waals surface area contributed by atoms with Gasteiger partial charge in [0, 0.05) is 88.0 Å². The highest BCUT2D eigenvalue weighted by atomic mass is 19.4. The van der Waals surface area contributed by atoms with Crippen LogP contribution in [0.3, 0.4) is 0 Å². The number of imidazole rings is 1. The predicted molar refractivity (Wildman–Crippen MR) is 291 cm³/mol. The summed E-state index contributed by atoms with van der Waals surface area (Å²) in [6.45, 7) is 12.8. The molecule has 2 aromatic carbocycles. The van der Waals surface area contributed by atoms with E-state index >= 15 is 4.39 Å². The number of aliphatic hydroxyl groups is 1. The van der Waals surface area contributed by atoms with Crippen molar-refractivity contribution in [2.24, 2.45) is 11.3 Å². The molecule has 5 rings (SSSR count). The van der Waals surface area contributed by atoms with E-state index in [1.54, 1.807) is 11.1 Å². The van der Waals surface area contributed by atoms with E-state index in [-0.39, 0.29) is 67.6 Å². The fourth-order valence-corrected chi connectivity index (χ4v) is 8.46. The third-order valence-corrected chi connectivity index (χ3v) is 12.5.